The highest BCUT2D eigenvalue weighted by atomic mass is 28.2. The van der Waals surface area contributed by atoms with Gasteiger partial charge in [-0.3, -0.25) is 0 Å². The van der Waals surface area contributed by atoms with Crippen LogP contribution in [-0.4, -0.2) is 15.9 Å². The highest BCUT2D eigenvalue weighted by Crippen LogP contribution is 1.81. The Bertz CT molecular complexity index is 76.2. The van der Waals surface area contributed by atoms with Crippen molar-refractivity contribution in [3.63, 3.8) is 0 Å². The maximum Gasteiger partial charge on any atom is 0.372 e. The summed E-state index contributed by atoms with van der Waals surface area (Å²) in [6, 6.07) is 0. The minimum atomic E-state index is 0.000772. The van der Waals surface area contributed by atoms with Crippen molar-refractivity contribution in [2.24, 2.45) is 0 Å². The molecule has 0 rings (SSSR count). The van der Waals surface area contributed by atoms with Crippen LogP contribution < -0.4 is 0 Å². The van der Waals surface area contributed by atoms with Crippen LogP contribution in [0.1, 0.15) is 13.8 Å². The Balaban J connectivity index is 2.86. The molecule has 0 atom stereocenters. The first-order valence-corrected chi connectivity index (χ1v) is 2.98. The Morgan fingerprint density at radius 3 is 2.43 bits per heavy atom. The summed E-state index contributed by atoms with van der Waals surface area (Å²) in [5.74, 6) is 0. The fourth-order valence-corrected chi connectivity index (χ4v) is 0.433. The smallest absolute Gasteiger partial charge is 0.372 e. The number of hydrogen-bond donors (Lipinski definition) is 0. The van der Waals surface area contributed by atoms with E-state index in [1.54, 1.807) is 0 Å². The lowest BCUT2D eigenvalue weighted by Gasteiger charge is -1.97. The molecule has 0 aromatic carbocycles. The summed E-state index contributed by atoms with van der Waals surface area (Å²) in [4.78, 5) is 0. The van der Waals surface area contributed by atoms with Gasteiger partial charge in [-0.15, -0.1) is 0 Å². The summed E-state index contributed by atoms with van der Waals surface area (Å²) in [6.45, 7) is 3.81. The molecule has 0 aliphatic heterocycles. The highest BCUT2D eigenvalue weighted by Gasteiger charge is 1.90. The Hall–Kier alpha value is -0.333. The van der Waals surface area contributed by atoms with Gasteiger partial charge in [-0.25, -0.2) is 5.26 Å². The molecule has 38 valence electrons. The van der Waals surface area contributed by atoms with E-state index in [1.165, 1.54) is 0 Å². The second-order valence-corrected chi connectivity index (χ2v) is 2.04. The van der Waals surface area contributed by atoms with Crippen LogP contribution >= 0.6 is 0 Å². The van der Waals surface area contributed by atoms with Crippen molar-refractivity contribution >= 4 is 9.76 Å². The molecule has 0 amide bonds. The highest BCUT2D eigenvalue weighted by molar-refractivity contribution is 6.37. The van der Waals surface area contributed by atoms with Gasteiger partial charge in [0.15, 0.2) is 0 Å². The molecule has 3 heteroatoms. The Morgan fingerprint density at radius 2 is 2.29 bits per heavy atom. The van der Waals surface area contributed by atoms with Gasteiger partial charge in [0.1, 0.15) is 0 Å². The Morgan fingerprint density at radius 1 is 1.71 bits per heavy atom. The largest absolute Gasteiger partial charge is 0.401 e. The van der Waals surface area contributed by atoms with Crippen LogP contribution in [0.25, 0.3) is 0 Å². The van der Waals surface area contributed by atoms with Crippen molar-refractivity contribution in [3.05, 3.63) is 0 Å². The van der Waals surface area contributed by atoms with Crippen molar-refractivity contribution in [1.82, 2.24) is 0 Å². The molecule has 0 unspecified atom stereocenters. The molecule has 2 nitrogen and oxygen atoms in total. The Kier molecular flexibility index (Phi) is 3.66. The first-order chi connectivity index (χ1) is 3.27. The average molecular weight is 113 g/mol. The molecule has 0 heterocycles. The van der Waals surface area contributed by atoms with E-state index in [0.717, 1.165) is 0 Å². The molecule has 7 heavy (non-hydrogen) atoms. The molecular weight excluding hydrogens is 106 g/mol. The van der Waals surface area contributed by atoms with Crippen molar-refractivity contribution in [1.29, 1.82) is 5.26 Å². The molecule has 0 saturated carbocycles. The quantitative estimate of drug-likeness (QED) is 0.489. The van der Waals surface area contributed by atoms with E-state index in [1.807, 2.05) is 19.5 Å². The number of nitrogens with zero attached hydrogens (tertiary/aromatic N) is 1. The van der Waals surface area contributed by atoms with Crippen LogP contribution in [0.5, 0.6) is 0 Å². The van der Waals surface area contributed by atoms with Gasteiger partial charge in [0, 0.05) is 6.10 Å². The number of nitriles is 1. The molecule has 2 radical (unpaired) electrons. The topological polar surface area (TPSA) is 33.0 Å². The van der Waals surface area contributed by atoms with Gasteiger partial charge in [0.25, 0.3) is 0 Å². The van der Waals surface area contributed by atoms with Crippen molar-refractivity contribution < 1.29 is 4.43 Å². The normalized spacial score (nSPS) is 8.86. The summed E-state index contributed by atoms with van der Waals surface area (Å²) in [5.41, 5.74) is 1.90. The Labute approximate surface area is 46.0 Å². The van der Waals surface area contributed by atoms with E-state index in [9.17, 15) is 0 Å². The molecule has 0 saturated heterocycles. The van der Waals surface area contributed by atoms with Gasteiger partial charge in [-0.05, 0) is 13.8 Å². The van der Waals surface area contributed by atoms with Crippen LogP contribution in [0, 0.1) is 11.0 Å². The van der Waals surface area contributed by atoms with Crippen LogP contribution in [0.4, 0.5) is 0 Å². The van der Waals surface area contributed by atoms with Crippen LogP contribution in [0.15, 0.2) is 0 Å². The molecular formula is C4H7NOSi. The van der Waals surface area contributed by atoms with Gasteiger partial charge in [-0.2, -0.15) is 0 Å². The number of rotatable bonds is 2. The minimum Gasteiger partial charge on any atom is -0.401 e. The maximum atomic E-state index is 7.95. The predicted octanol–water partition coefficient (Wildman–Crippen LogP) is 0.512. The second-order valence-electron chi connectivity index (χ2n) is 1.38. The van der Waals surface area contributed by atoms with Crippen LogP contribution in [-0.2, 0) is 4.43 Å². The van der Waals surface area contributed by atoms with Gasteiger partial charge in [0.2, 0.25) is 0 Å². The lowest BCUT2D eigenvalue weighted by molar-refractivity contribution is 0.261. The van der Waals surface area contributed by atoms with Crippen molar-refractivity contribution in [2.75, 3.05) is 0 Å². The van der Waals surface area contributed by atoms with Gasteiger partial charge in [-0.1, -0.05) is 0 Å². The summed E-state index contributed by atoms with van der Waals surface area (Å²) < 4.78 is 4.86. The fourth-order valence-electron chi connectivity index (χ4n) is 0.144. The number of hydrogen-bond acceptors (Lipinski definition) is 2. The average Bonchev–Trinajstić information content (AvgIpc) is 1.61. The zero-order valence-electron chi connectivity index (χ0n) is 4.43. The van der Waals surface area contributed by atoms with Crippen molar-refractivity contribution in [2.45, 2.75) is 20.0 Å². The van der Waals surface area contributed by atoms with E-state index < -0.39 is 0 Å². The minimum absolute atomic E-state index is 0.000772. The van der Waals surface area contributed by atoms with Crippen LogP contribution in [0.2, 0.25) is 0 Å². The zero-order chi connectivity index (χ0) is 5.70. The zero-order valence-corrected chi connectivity index (χ0v) is 5.43. The molecule has 0 N–H and O–H groups in total. The lowest BCUT2D eigenvalue weighted by atomic mass is 10.5. The van der Waals surface area contributed by atoms with E-state index in [4.69, 9.17) is 9.69 Å². The molecule has 0 spiro atoms. The third-order valence-corrected chi connectivity index (χ3v) is 1.02. The third-order valence-electron chi connectivity index (χ3n) is 0.340. The van der Waals surface area contributed by atoms with E-state index >= 15 is 0 Å². The molecule has 0 bridgehead atoms. The molecule has 0 aromatic heterocycles. The van der Waals surface area contributed by atoms with Crippen LogP contribution in [0.3, 0.4) is 0 Å². The fraction of sp³-hybridized carbons (Fsp3) is 0.750. The molecule has 0 aliphatic rings. The third kappa shape index (κ3) is 5.67. The summed E-state index contributed by atoms with van der Waals surface area (Å²) in [7, 11) is 0.000772. The molecule has 0 fully saturated rings. The maximum absolute atomic E-state index is 7.95. The monoisotopic (exact) mass is 113 g/mol. The summed E-state index contributed by atoms with van der Waals surface area (Å²) in [5, 5.41) is 7.95. The lowest BCUT2D eigenvalue weighted by Crippen LogP contribution is -2.04. The summed E-state index contributed by atoms with van der Waals surface area (Å²) in [6.07, 6.45) is 0.193. The summed E-state index contributed by atoms with van der Waals surface area (Å²) >= 11 is 0. The van der Waals surface area contributed by atoms with E-state index in [2.05, 4.69) is 0 Å². The molecule has 0 aromatic rings. The second kappa shape index (κ2) is 3.84. The van der Waals surface area contributed by atoms with Gasteiger partial charge >= 0.3 is 9.76 Å². The van der Waals surface area contributed by atoms with E-state index in [-0.39, 0.29) is 15.9 Å². The SMILES string of the molecule is CC(C)O[Si]C#N. The van der Waals surface area contributed by atoms with E-state index in [0.29, 0.717) is 0 Å². The van der Waals surface area contributed by atoms with Gasteiger partial charge in [0.05, 0.1) is 5.69 Å². The predicted molar refractivity (Wildman–Crippen MR) is 27.6 cm³/mol. The van der Waals surface area contributed by atoms with Crippen molar-refractivity contribution in [3.8, 4) is 5.69 Å². The first kappa shape index (κ1) is 6.67. The first-order valence-electron chi connectivity index (χ1n) is 2.07. The standard InChI is InChI=1S/C4H7NOSi/c1-4(2)6-7-3-5/h4H,1-2H3. The molecule has 0 aliphatic carbocycles. The van der Waals surface area contributed by atoms with Gasteiger partial charge < -0.3 is 4.43 Å².